The topological polar surface area (TPSA) is 116 Å². The maximum Gasteiger partial charge on any atom is 0.340 e. The molecule has 0 aliphatic heterocycles. The first-order valence-corrected chi connectivity index (χ1v) is 11.6. The van der Waals surface area contributed by atoms with Crippen molar-refractivity contribution in [3.8, 4) is 12.3 Å². The Hall–Kier alpha value is -2.84. The molecular formula is C21H23ClN4O5S. The molecule has 2 N–H and O–H groups in total. The second-order valence-electron chi connectivity index (χ2n) is 7.12. The Bertz CT molecular complexity index is 1350. The van der Waals surface area contributed by atoms with Crippen LogP contribution in [0, 0.1) is 12.3 Å². The number of aromatic nitrogens is 2. The minimum absolute atomic E-state index is 0.0279. The maximum absolute atomic E-state index is 13.3. The predicted octanol–water partition coefficient (Wildman–Crippen LogP) is 2.29. The minimum Gasteiger partial charge on any atom is -0.462 e. The number of esters is 1. The zero-order chi connectivity index (χ0) is 23.5. The third kappa shape index (κ3) is 4.66. The number of H-pyrrole nitrogens is 2. The van der Waals surface area contributed by atoms with Gasteiger partial charge in [0.25, 0.3) is 5.56 Å². The molecule has 170 valence electrons. The lowest BCUT2D eigenvalue weighted by Crippen LogP contribution is -2.36. The summed E-state index contributed by atoms with van der Waals surface area (Å²) in [4.78, 5) is 30.5. The average Bonchev–Trinajstić information content (AvgIpc) is 3.20. The van der Waals surface area contributed by atoms with Crippen molar-refractivity contribution in [2.24, 2.45) is 0 Å². The molecule has 3 aromatic rings. The summed E-state index contributed by atoms with van der Waals surface area (Å²) in [6.45, 7) is 2.31. The first kappa shape index (κ1) is 23.8. The van der Waals surface area contributed by atoms with E-state index in [-0.39, 0.29) is 42.2 Å². The average molecular weight is 479 g/mol. The molecule has 9 nitrogen and oxygen atoms in total. The molecule has 0 amide bonds. The van der Waals surface area contributed by atoms with Gasteiger partial charge < -0.3 is 14.7 Å². The first-order chi connectivity index (χ1) is 15.2. The number of aromatic amines is 2. The van der Waals surface area contributed by atoms with Crippen molar-refractivity contribution in [1.82, 2.24) is 18.7 Å². The lowest BCUT2D eigenvalue weighted by atomic mass is 10.1. The van der Waals surface area contributed by atoms with Crippen LogP contribution in [0.4, 0.5) is 0 Å². The van der Waals surface area contributed by atoms with Crippen LogP contribution in [-0.4, -0.2) is 66.4 Å². The lowest BCUT2D eigenvalue weighted by molar-refractivity contribution is 0.0507. The van der Waals surface area contributed by atoms with Gasteiger partial charge in [-0.25, -0.2) is 17.6 Å². The van der Waals surface area contributed by atoms with Crippen LogP contribution in [0.2, 0.25) is 0 Å². The molecule has 0 saturated heterocycles. The van der Waals surface area contributed by atoms with Gasteiger partial charge >= 0.3 is 5.97 Å². The highest BCUT2D eigenvalue weighted by Gasteiger charge is 2.26. The van der Waals surface area contributed by atoms with Crippen LogP contribution in [0.3, 0.4) is 0 Å². The number of carbonyl (C=O) groups is 1. The summed E-state index contributed by atoms with van der Waals surface area (Å²) in [6, 6.07) is 4.29. The summed E-state index contributed by atoms with van der Waals surface area (Å²) in [6.07, 6.45) is 7.40. The number of ether oxygens (including phenoxy) is 1. The monoisotopic (exact) mass is 478 g/mol. The van der Waals surface area contributed by atoms with Gasteiger partial charge in [0.2, 0.25) is 10.0 Å². The lowest BCUT2D eigenvalue weighted by Gasteiger charge is -2.21. The Morgan fingerprint density at radius 2 is 2.06 bits per heavy atom. The maximum atomic E-state index is 13.3. The van der Waals surface area contributed by atoms with Crippen molar-refractivity contribution < 1.29 is 17.9 Å². The number of benzene rings is 1. The molecule has 0 bridgehead atoms. The molecule has 11 heteroatoms. The van der Waals surface area contributed by atoms with Crippen LogP contribution in [0.15, 0.2) is 34.1 Å². The standard InChI is InChI=1S/C21H23ClN4O5S/c1-4-8-26(10-9-25(3)22)32(29,30)14-6-7-17-15(12-14)18-16(21(28)31-11-5-2)13-23-19(18)20(27)24-17/h1,6-7,12-13,23H,5,8-11H2,2-3H3,(H,24,27). The van der Waals surface area contributed by atoms with Gasteiger partial charge in [-0.2, -0.15) is 4.31 Å². The Morgan fingerprint density at radius 1 is 1.31 bits per heavy atom. The van der Waals surface area contributed by atoms with Crippen LogP contribution >= 0.6 is 11.8 Å². The molecule has 0 radical (unpaired) electrons. The summed E-state index contributed by atoms with van der Waals surface area (Å²) >= 11 is 5.83. The van der Waals surface area contributed by atoms with E-state index in [9.17, 15) is 18.0 Å². The summed E-state index contributed by atoms with van der Waals surface area (Å²) < 4.78 is 34.2. The highest BCUT2D eigenvalue weighted by atomic mass is 35.5. The number of halogens is 1. The van der Waals surface area contributed by atoms with Crippen molar-refractivity contribution in [3.63, 3.8) is 0 Å². The molecule has 0 atom stereocenters. The van der Waals surface area contributed by atoms with Crippen LogP contribution in [-0.2, 0) is 14.8 Å². The molecule has 0 aliphatic carbocycles. The van der Waals surface area contributed by atoms with E-state index in [1.807, 2.05) is 6.92 Å². The van der Waals surface area contributed by atoms with Gasteiger partial charge in [-0.1, -0.05) is 12.8 Å². The van der Waals surface area contributed by atoms with Gasteiger partial charge in [0.15, 0.2) is 0 Å². The van der Waals surface area contributed by atoms with E-state index in [0.717, 1.165) is 4.31 Å². The zero-order valence-electron chi connectivity index (χ0n) is 17.6. The van der Waals surface area contributed by atoms with E-state index >= 15 is 0 Å². The van der Waals surface area contributed by atoms with E-state index in [4.69, 9.17) is 22.9 Å². The molecule has 0 saturated carbocycles. The van der Waals surface area contributed by atoms with Crippen LogP contribution in [0.25, 0.3) is 21.8 Å². The summed E-state index contributed by atoms with van der Waals surface area (Å²) in [5.74, 6) is 1.75. The molecule has 0 aliphatic rings. The molecule has 2 aromatic heterocycles. The van der Waals surface area contributed by atoms with Gasteiger partial charge in [-0.15, -0.1) is 6.42 Å². The van der Waals surface area contributed by atoms with Gasteiger partial charge in [0.1, 0.15) is 5.52 Å². The number of pyridine rings is 1. The molecule has 3 rings (SSSR count). The minimum atomic E-state index is -3.97. The van der Waals surface area contributed by atoms with Crippen molar-refractivity contribution in [2.45, 2.75) is 18.2 Å². The number of fused-ring (bicyclic) bond motifs is 3. The normalized spacial score (nSPS) is 12.0. The Morgan fingerprint density at radius 3 is 2.72 bits per heavy atom. The number of nitrogens with one attached hydrogen (secondary N) is 2. The molecule has 32 heavy (non-hydrogen) atoms. The molecule has 0 fully saturated rings. The van der Waals surface area contributed by atoms with E-state index in [2.05, 4.69) is 15.9 Å². The Labute approximate surface area is 190 Å². The second kappa shape index (κ2) is 9.75. The summed E-state index contributed by atoms with van der Waals surface area (Å²) in [5, 5.41) is 0.686. The molecule has 2 heterocycles. The van der Waals surface area contributed by atoms with E-state index in [1.54, 1.807) is 7.05 Å². The van der Waals surface area contributed by atoms with E-state index in [1.165, 1.54) is 28.8 Å². The van der Waals surface area contributed by atoms with Crippen molar-refractivity contribution in [3.05, 3.63) is 40.3 Å². The SMILES string of the molecule is C#CCN(CCN(C)Cl)S(=O)(=O)c1ccc2[nH]c(=O)c3[nH]cc(C(=O)OCCC)c3c2c1. The number of carbonyl (C=O) groups excluding carboxylic acids is 1. The summed E-state index contributed by atoms with van der Waals surface area (Å²) in [7, 11) is -2.36. The Kier molecular flexibility index (Phi) is 7.26. The third-order valence-corrected chi connectivity index (χ3v) is 6.85. The van der Waals surface area contributed by atoms with Crippen molar-refractivity contribution in [1.29, 1.82) is 0 Å². The first-order valence-electron chi connectivity index (χ1n) is 9.85. The predicted molar refractivity (Wildman–Crippen MR) is 123 cm³/mol. The fourth-order valence-electron chi connectivity index (χ4n) is 3.28. The Balaban J connectivity index is 2.18. The number of rotatable bonds is 9. The molecule has 0 unspecified atom stereocenters. The summed E-state index contributed by atoms with van der Waals surface area (Å²) in [5.41, 5.74) is 0.259. The van der Waals surface area contributed by atoms with E-state index in [0.29, 0.717) is 22.7 Å². The number of terminal acetylenes is 1. The number of likely N-dealkylation sites (N-methyl/N-ethyl adjacent to an activating group) is 1. The van der Waals surface area contributed by atoms with Crippen molar-refractivity contribution >= 4 is 49.6 Å². The fourth-order valence-corrected chi connectivity index (χ4v) is 4.73. The van der Waals surface area contributed by atoms with Crippen LogP contribution < -0.4 is 5.56 Å². The van der Waals surface area contributed by atoms with Gasteiger partial charge in [0.05, 0.1) is 23.6 Å². The quantitative estimate of drug-likeness (QED) is 0.277. The highest BCUT2D eigenvalue weighted by molar-refractivity contribution is 7.89. The molecule has 1 aromatic carbocycles. The van der Waals surface area contributed by atoms with Gasteiger partial charge in [0, 0.05) is 42.6 Å². The third-order valence-electron chi connectivity index (χ3n) is 4.84. The highest BCUT2D eigenvalue weighted by Crippen LogP contribution is 2.28. The van der Waals surface area contributed by atoms with Crippen LogP contribution in [0.1, 0.15) is 23.7 Å². The number of hydrogen-bond donors (Lipinski definition) is 2. The fraction of sp³-hybridized carbons (Fsp3) is 0.333. The van der Waals surface area contributed by atoms with Crippen molar-refractivity contribution in [2.75, 3.05) is 33.3 Å². The van der Waals surface area contributed by atoms with Gasteiger partial charge in [-0.3, -0.25) is 4.79 Å². The van der Waals surface area contributed by atoms with Gasteiger partial charge in [-0.05, 0) is 36.4 Å². The van der Waals surface area contributed by atoms with E-state index < -0.39 is 21.6 Å². The molecular weight excluding hydrogens is 456 g/mol. The second-order valence-corrected chi connectivity index (χ2v) is 9.64. The number of sulfonamides is 1. The smallest absolute Gasteiger partial charge is 0.340 e. The number of nitrogens with zero attached hydrogens (tertiary/aromatic N) is 2. The van der Waals surface area contributed by atoms with Crippen LogP contribution in [0.5, 0.6) is 0 Å². The molecule has 0 spiro atoms. The number of hydrogen-bond acceptors (Lipinski definition) is 6. The zero-order valence-corrected chi connectivity index (χ0v) is 19.2. The largest absolute Gasteiger partial charge is 0.462 e.